The second kappa shape index (κ2) is 5.40. The summed E-state index contributed by atoms with van der Waals surface area (Å²) in [6, 6.07) is 9.44. The molecule has 88 valence electrons. The number of anilines is 1. The lowest BCUT2D eigenvalue weighted by molar-refractivity contribution is 0.251. The zero-order valence-electron chi connectivity index (χ0n) is 9.30. The van der Waals surface area contributed by atoms with Gasteiger partial charge < -0.3 is 5.32 Å². The van der Waals surface area contributed by atoms with E-state index in [0.717, 1.165) is 10.6 Å². The summed E-state index contributed by atoms with van der Waals surface area (Å²) in [6.07, 6.45) is 0. The standard InChI is InChI=1S/C11H12N4OS/c1-8-14-15-11(17-8)13-10(16)12-7-9-5-3-2-4-6-9/h2-6H,7H2,1H3,(H2,12,13,15,16). The zero-order chi connectivity index (χ0) is 12.1. The summed E-state index contributed by atoms with van der Waals surface area (Å²) < 4.78 is 0. The highest BCUT2D eigenvalue weighted by Gasteiger charge is 2.05. The largest absolute Gasteiger partial charge is 0.334 e. The van der Waals surface area contributed by atoms with E-state index in [1.54, 1.807) is 0 Å². The molecular weight excluding hydrogens is 236 g/mol. The molecule has 0 saturated heterocycles. The highest BCUT2D eigenvalue weighted by atomic mass is 32.1. The summed E-state index contributed by atoms with van der Waals surface area (Å²) in [5, 5.41) is 14.3. The molecular formula is C11H12N4OS. The van der Waals surface area contributed by atoms with E-state index in [4.69, 9.17) is 0 Å². The molecule has 0 aliphatic carbocycles. The van der Waals surface area contributed by atoms with Gasteiger partial charge in [0.05, 0.1) is 0 Å². The van der Waals surface area contributed by atoms with Gasteiger partial charge >= 0.3 is 6.03 Å². The Labute approximate surface area is 103 Å². The summed E-state index contributed by atoms with van der Waals surface area (Å²) in [5.74, 6) is 0. The predicted molar refractivity (Wildman–Crippen MR) is 66.9 cm³/mol. The highest BCUT2D eigenvalue weighted by Crippen LogP contribution is 2.13. The molecule has 5 nitrogen and oxygen atoms in total. The Hall–Kier alpha value is -1.95. The van der Waals surface area contributed by atoms with Gasteiger partial charge in [0.1, 0.15) is 5.01 Å². The maximum Gasteiger partial charge on any atom is 0.321 e. The number of carbonyl (C=O) groups excluding carboxylic acids is 1. The van der Waals surface area contributed by atoms with E-state index >= 15 is 0 Å². The van der Waals surface area contributed by atoms with E-state index in [1.165, 1.54) is 11.3 Å². The maximum atomic E-state index is 11.5. The second-order valence-electron chi connectivity index (χ2n) is 3.42. The van der Waals surface area contributed by atoms with Gasteiger partial charge in [0.15, 0.2) is 0 Å². The highest BCUT2D eigenvalue weighted by molar-refractivity contribution is 7.15. The Morgan fingerprint density at radius 1 is 1.29 bits per heavy atom. The molecule has 1 aromatic heterocycles. The summed E-state index contributed by atoms with van der Waals surface area (Å²) >= 11 is 1.34. The van der Waals surface area contributed by atoms with E-state index in [-0.39, 0.29) is 6.03 Å². The average molecular weight is 248 g/mol. The van der Waals surface area contributed by atoms with Crippen LogP contribution in [0.15, 0.2) is 30.3 Å². The fourth-order valence-corrected chi connectivity index (χ4v) is 1.85. The number of urea groups is 1. The third kappa shape index (κ3) is 3.53. The van der Waals surface area contributed by atoms with E-state index in [1.807, 2.05) is 37.3 Å². The zero-order valence-corrected chi connectivity index (χ0v) is 10.1. The van der Waals surface area contributed by atoms with Gasteiger partial charge in [-0.15, -0.1) is 10.2 Å². The van der Waals surface area contributed by atoms with Crippen LogP contribution >= 0.6 is 11.3 Å². The molecule has 1 heterocycles. The van der Waals surface area contributed by atoms with Crippen LogP contribution in [0, 0.1) is 6.92 Å². The minimum atomic E-state index is -0.273. The normalized spacial score (nSPS) is 9.94. The fraction of sp³-hybridized carbons (Fsp3) is 0.182. The summed E-state index contributed by atoms with van der Waals surface area (Å²) in [4.78, 5) is 11.5. The number of amides is 2. The SMILES string of the molecule is Cc1nnc(NC(=O)NCc2ccccc2)s1. The fourth-order valence-electron chi connectivity index (χ4n) is 1.27. The van der Waals surface area contributed by atoms with Gasteiger partial charge in [-0.1, -0.05) is 41.7 Å². The molecule has 2 rings (SSSR count). The van der Waals surface area contributed by atoms with Crippen molar-refractivity contribution in [3.63, 3.8) is 0 Å². The van der Waals surface area contributed by atoms with Gasteiger partial charge in [-0.3, -0.25) is 5.32 Å². The van der Waals surface area contributed by atoms with Crippen molar-refractivity contribution in [1.82, 2.24) is 15.5 Å². The summed E-state index contributed by atoms with van der Waals surface area (Å²) in [5.41, 5.74) is 1.05. The quantitative estimate of drug-likeness (QED) is 0.874. The average Bonchev–Trinajstić information content (AvgIpc) is 2.73. The number of hydrogen-bond donors (Lipinski definition) is 2. The smallest absolute Gasteiger partial charge is 0.321 e. The van der Waals surface area contributed by atoms with E-state index < -0.39 is 0 Å². The van der Waals surface area contributed by atoms with E-state index in [9.17, 15) is 4.79 Å². The molecule has 0 saturated carbocycles. The van der Waals surface area contributed by atoms with Crippen LogP contribution in [0.4, 0.5) is 9.93 Å². The molecule has 1 aromatic carbocycles. The van der Waals surface area contributed by atoms with Crippen LogP contribution in [0.5, 0.6) is 0 Å². The number of hydrogen-bond acceptors (Lipinski definition) is 4. The first-order valence-corrected chi connectivity index (χ1v) is 5.94. The van der Waals surface area contributed by atoms with Crippen molar-refractivity contribution in [3.8, 4) is 0 Å². The third-order valence-electron chi connectivity index (χ3n) is 2.04. The third-order valence-corrected chi connectivity index (χ3v) is 2.80. The first kappa shape index (κ1) is 11.5. The summed E-state index contributed by atoms with van der Waals surface area (Å²) in [6.45, 7) is 2.33. The number of aromatic nitrogens is 2. The van der Waals surface area contributed by atoms with Crippen LogP contribution in [0.25, 0.3) is 0 Å². The maximum absolute atomic E-state index is 11.5. The van der Waals surface area contributed by atoms with Crippen LogP contribution < -0.4 is 10.6 Å². The van der Waals surface area contributed by atoms with Gasteiger partial charge in [0, 0.05) is 6.54 Å². The second-order valence-corrected chi connectivity index (χ2v) is 4.60. The Balaban J connectivity index is 1.82. The molecule has 0 bridgehead atoms. The van der Waals surface area contributed by atoms with E-state index in [2.05, 4.69) is 20.8 Å². The van der Waals surface area contributed by atoms with Crippen LogP contribution in [-0.4, -0.2) is 16.2 Å². The van der Waals surface area contributed by atoms with Crippen LogP contribution in [0.1, 0.15) is 10.6 Å². The van der Waals surface area contributed by atoms with Gasteiger partial charge in [-0.2, -0.15) is 0 Å². The minimum Gasteiger partial charge on any atom is -0.334 e. The topological polar surface area (TPSA) is 66.9 Å². The Morgan fingerprint density at radius 3 is 2.71 bits per heavy atom. The lowest BCUT2D eigenvalue weighted by atomic mass is 10.2. The number of rotatable bonds is 3. The van der Waals surface area contributed by atoms with Crippen molar-refractivity contribution < 1.29 is 4.79 Å². The number of carbonyl (C=O) groups is 1. The Morgan fingerprint density at radius 2 is 2.06 bits per heavy atom. The van der Waals surface area contributed by atoms with Gasteiger partial charge in [-0.25, -0.2) is 4.79 Å². The lowest BCUT2D eigenvalue weighted by Crippen LogP contribution is -2.28. The Bertz CT molecular complexity index is 497. The van der Waals surface area contributed by atoms with Gasteiger partial charge in [-0.05, 0) is 12.5 Å². The van der Waals surface area contributed by atoms with Crippen molar-refractivity contribution in [2.75, 3.05) is 5.32 Å². The monoisotopic (exact) mass is 248 g/mol. The van der Waals surface area contributed by atoms with Crippen molar-refractivity contribution in [2.45, 2.75) is 13.5 Å². The molecule has 0 unspecified atom stereocenters. The number of nitrogens with zero attached hydrogens (tertiary/aromatic N) is 2. The molecule has 0 aliphatic rings. The molecule has 0 aliphatic heterocycles. The molecule has 2 amide bonds. The molecule has 0 fully saturated rings. The molecule has 17 heavy (non-hydrogen) atoms. The predicted octanol–water partition coefficient (Wildman–Crippen LogP) is 2.17. The number of aryl methyl sites for hydroxylation is 1. The Kier molecular flexibility index (Phi) is 3.66. The molecule has 0 radical (unpaired) electrons. The first-order chi connectivity index (χ1) is 8.24. The molecule has 6 heteroatoms. The van der Waals surface area contributed by atoms with Gasteiger partial charge in [0.2, 0.25) is 5.13 Å². The van der Waals surface area contributed by atoms with Crippen molar-refractivity contribution >= 4 is 22.5 Å². The van der Waals surface area contributed by atoms with Crippen LogP contribution in [-0.2, 0) is 6.54 Å². The van der Waals surface area contributed by atoms with Crippen molar-refractivity contribution in [3.05, 3.63) is 40.9 Å². The number of benzene rings is 1. The summed E-state index contributed by atoms with van der Waals surface area (Å²) in [7, 11) is 0. The van der Waals surface area contributed by atoms with Crippen molar-refractivity contribution in [1.29, 1.82) is 0 Å². The van der Waals surface area contributed by atoms with E-state index in [0.29, 0.717) is 11.7 Å². The minimum absolute atomic E-state index is 0.273. The molecule has 0 spiro atoms. The van der Waals surface area contributed by atoms with Gasteiger partial charge in [0.25, 0.3) is 0 Å². The van der Waals surface area contributed by atoms with Crippen molar-refractivity contribution in [2.24, 2.45) is 0 Å². The first-order valence-electron chi connectivity index (χ1n) is 5.13. The number of nitrogens with one attached hydrogen (secondary N) is 2. The molecule has 2 N–H and O–H groups in total. The van der Waals surface area contributed by atoms with Crippen LogP contribution in [0.3, 0.4) is 0 Å². The van der Waals surface area contributed by atoms with Crippen LogP contribution in [0.2, 0.25) is 0 Å². The molecule has 2 aromatic rings. The molecule has 0 atom stereocenters. The lowest BCUT2D eigenvalue weighted by Gasteiger charge is -2.04.